The first kappa shape index (κ1) is 23.5. The zero-order chi connectivity index (χ0) is 24.6. The number of amides is 2. The molecule has 176 valence electrons. The van der Waals surface area contributed by atoms with Gasteiger partial charge in [0.2, 0.25) is 5.91 Å². The van der Waals surface area contributed by atoms with Crippen molar-refractivity contribution in [2.75, 3.05) is 4.90 Å². The lowest BCUT2D eigenvalue weighted by molar-refractivity contribution is -0.127. The predicted octanol–water partition coefficient (Wildman–Crippen LogP) is 5.29. The second-order valence-electron chi connectivity index (χ2n) is 8.92. The molecule has 3 aromatic rings. The van der Waals surface area contributed by atoms with Crippen LogP contribution in [0.4, 0.5) is 23.2 Å². The van der Waals surface area contributed by atoms with Gasteiger partial charge in [-0.25, -0.2) is 17.6 Å². The van der Waals surface area contributed by atoms with E-state index in [2.05, 4.69) is 5.32 Å². The molecule has 2 amide bonds. The van der Waals surface area contributed by atoms with Gasteiger partial charge < -0.3 is 10.2 Å². The Bertz CT molecular complexity index is 1270. The Balaban J connectivity index is 1.62. The van der Waals surface area contributed by atoms with Gasteiger partial charge in [0.15, 0.2) is 0 Å². The summed E-state index contributed by atoms with van der Waals surface area (Å²) in [5, 5.41) is 2.42. The summed E-state index contributed by atoms with van der Waals surface area (Å²) in [6, 6.07) is 12.0. The lowest BCUT2D eigenvalue weighted by Gasteiger charge is -2.39. The lowest BCUT2D eigenvalue weighted by atomic mass is 9.79. The normalized spacial score (nSPS) is 14.6. The molecule has 0 saturated carbocycles. The summed E-state index contributed by atoms with van der Waals surface area (Å²) in [4.78, 5) is 27.4. The maximum absolute atomic E-state index is 14.3. The molecule has 0 atom stereocenters. The van der Waals surface area contributed by atoms with E-state index in [9.17, 15) is 27.2 Å². The van der Waals surface area contributed by atoms with Crippen LogP contribution in [0.25, 0.3) is 0 Å². The Morgan fingerprint density at radius 2 is 1.65 bits per heavy atom. The molecule has 0 fully saturated rings. The van der Waals surface area contributed by atoms with Crippen LogP contribution in [-0.2, 0) is 24.3 Å². The third-order valence-corrected chi connectivity index (χ3v) is 5.91. The zero-order valence-electron chi connectivity index (χ0n) is 18.6. The fourth-order valence-electron chi connectivity index (χ4n) is 4.10. The molecule has 0 aliphatic carbocycles. The molecule has 1 heterocycles. The minimum absolute atomic E-state index is 0.0149. The van der Waals surface area contributed by atoms with Crippen molar-refractivity contribution in [2.45, 2.75) is 33.4 Å². The van der Waals surface area contributed by atoms with Crippen LogP contribution in [0.3, 0.4) is 0 Å². The molecule has 4 rings (SSSR count). The summed E-state index contributed by atoms with van der Waals surface area (Å²) < 4.78 is 55.2. The van der Waals surface area contributed by atoms with Crippen LogP contribution in [0.5, 0.6) is 0 Å². The molecule has 8 heteroatoms. The van der Waals surface area contributed by atoms with E-state index in [1.165, 1.54) is 17.0 Å². The van der Waals surface area contributed by atoms with E-state index in [0.717, 1.165) is 5.56 Å². The van der Waals surface area contributed by atoms with Gasteiger partial charge in [0.1, 0.15) is 23.3 Å². The lowest BCUT2D eigenvalue weighted by Crippen LogP contribution is -2.46. The highest BCUT2D eigenvalue weighted by Crippen LogP contribution is 2.39. The number of anilines is 1. The van der Waals surface area contributed by atoms with Crippen molar-refractivity contribution in [1.82, 2.24) is 5.32 Å². The average molecular weight is 470 g/mol. The minimum Gasteiger partial charge on any atom is -0.348 e. The van der Waals surface area contributed by atoms with E-state index < -0.39 is 46.7 Å². The van der Waals surface area contributed by atoms with Crippen LogP contribution in [0.2, 0.25) is 0 Å². The maximum Gasteiger partial charge on any atom is 0.251 e. The number of carbonyl (C=O) groups excluding carboxylic acids is 2. The fraction of sp³-hybridized carbons (Fsp3) is 0.231. The van der Waals surface area contributed by atoms with Crippen molar-refractivity contribution in [3.63, 3.8) is 0 Å². The highest BCUT2D eigenvalue weighted by atomic mass is 19.1. The number of halogens is 4. The number of hydrogen-bond acceptors (Lipinski definition) is 2. The molecular formula is C26H22F4N2O2. The van der Waals surface area contributed by atoms with Crippen molar-refractivity contribution < 1.29 is 27.2 Å². The van der Waals surface area contributed by atoms with Gasteiger partial charge in [-0.1, -0.05) is 38.1 Å². The summed E-state index contributed by atoms with van der Waals surface area (Å²) in [5.74, 6) is -4.55. The van der Waals surface area contributed by atoms with E-state index >= 15 is 0 Å². The number of rotatable bonds is 5. The smallest absolute Gasteiger partial charge is 0.251 e. The molecule has 0 spiro atoms. The highest BCUT2D eigenvalue weighted by molar-refractivity contribution is 6.02. The monoisotopic (exact) mass is 470 g/mol. The predicted molar refractivity (Wildman–Crippen MR) is 119 cm³/mol. The Kier molecular flexibility index (Phi) is 6.17. The SMILES string of the molecule is CC1(C)Cc2ccc(C(=O)NCc3c(F)cc(F)cc3F)cc2N(Cc2ccccc2F)C1=O. The van der Waals surface area contributed by atoms with Crippen molar-refractivity contribution >= 4 is 17.5 Å². The van der Waals surface area contributed by atoms with Gasteiger partial charge in [-0.05, 0) is 30.2 Å². The summed E-state index contributed by atoms with van der Waals surface area (Å²) in [6.45, 7) is 3.11. The molecule has 0 aromatic heterocycles. The molecule has 4 nitrogen and oxygen atoms in total. The van der Waals surface area contributed by atoms with E-state index in [-0.39, 0.29) is 18.0 Å². The Hall–Kier alpha value is -3.68. The molecule has 3 aromatic carbocycles. The van der Waals surface area contributed by atoms with Gasteiger partial charge in [-0.3, -0.25) is 9.59 Å². The number of hydrogen-bond donors (Lipinski definition) is 1. The first-order valence-corrected chi connectivity index (χ1v) is 10.7. The van der Waals surface area contributed by atoms with Gasteiger partial charge in [-0.2, -0.15) is 0 Å². The third-order valence-electron chi connectivity index (χ3n) is 5.91. The second-order valence-corrected chi connectivity index (χ2v) is 8.92. The Morgan fingerprint density at radius 3 is 2.32 bits per heavy atom. The second kappa shape index (κ2) is 8.93. The first-order valence-electron chi connectivity index (χ1n) is 10.7. The summed E-state index contributed by atoms with van der Waals surface area (Å²) in [5.41, 5.74) is 0.585. The van der Waals surface area contributed by atoms with E-state index in [1.807, 2.05) is 0 Å². The number of fused-ring (bicyclic) bond motifs is 1. The molecule has 34 heavy (non-hydrogen) atoms. The summed E-state index contributed by atoms with van der Waals surface area (Å²) >= 11 is 0. The van der Waals surface area contributed by atoms with Gasteiger partial charge in [0.25, 0.3) is 5.91 Å². The standard InChI is InChI=1S/C26H22F4N2O2/c1-26(2)12-16-8-7-15(24(33)31-13-19-21(29)10-18(27)11-22(19)30)9-23(16)32(25(26)34)14-17-5-3-4-6-20(17)28/h3-11H,12-14H2,1-2H3,(H,31,33). The summed E-state index contributed by atoms with van der Waals surface area (Å²) in [7, 11) is 0. The highest BCUT2D eigenvalue weighted by Gasteiger charge is 2.39. The third kappa shape index (κ3) is 4.53. The van der Waals surface area contributed by atoms with Crippen molar-refractivity contribution in [2.24, 2.45) is 5.41 Å². The maximum atomic E-state index is 14.3. The Morgan fingerprint density at radius 1 is 0.971 bits per heavy atom. The van der Waals surface area contributed by atoms with E-state index in [4.69, 9.17) is 0 Å². The minimum atomic E-state index is -1.10. The molecule has 0 saturated heterocycles. The molecular weight excluding hydrogens is 448 g/mol. The van der Waals surface area contributed by atoms with Gasteiger partial charge in [0.05, 0.1) is 6.54 Å². The molecule has 0 unspecified atom stereocenters. The largest absolute Gasteiger partial charge is 0.348 e. The van der Waals surface area contributed by atoms with Crippen molar-refractivity contribution in [3.05, 3.63) is 100 Å². The van der Waals surface area contributed by atoms with Crippen LogP contribution in [0.15, 0.2) is 54.6 Å². The topological polar surface area (TPSA) is 49.4 Å². The van der Waals surface area contributed by atoms with Crippen molar-refractivity contribution in [3.8, 4) is 0 Å². The van der Waals surface area contributed by atoms with Crippen LogP contribution < -0.4 is 10.2 Å². The number of nitrogens with one attached hydrogen (secondary N) is 1. The number of benzene rings is 3. The van der Waals surface area contributed by atoms with Gasteiger partial charge in [-0.15, -0.1) is 0 Å². The van der Waals surface area contributed by atoms with Crippen LogP contribution >= 0.6 is 0 Å². The quantitative estimate of drug-likeness (QED) is 0.516. The summed E-state index contributed by atoms with van der Waals surface area (Å²) in [6.07, 6.45) is 0.433. The zero-order valence-corrected chi connectivity index (χ0v) is 18.6. The average Bonchev–Trinajstić information content (AvgIpc) is 2.77. The van der Waals surface area contributed by atoms with Crippen molar-refractivity contribution in [1.29, 1.82) is 0 Å². The molecule has 0 bridgehead atoms. The molecule has 1 aliphatic rings. The molecule has 1 N–H and O–H groups in total. The fourth-order valence-corrected chi connectivity index (χ4v) is 4.10. The number of carbonyl (C=O) groups is 2. The van der Waals surface area contributed by atoms with Gasteiger partial charge >= 0.3 is 0 Å². The Labute approximate surface area is 194 Å². The van der Waals surface area contributed by atoms with Crippen LogP contribution in [-0.4, -0.2) is 11.8 Å². The first-order chi connectivity index (χ1) is 16.1. The van der Waals surface area contributed by atoms with Gasteiger partial charge in [0, 0.05) is 46.5 Å². The van der Waals surface area contributed by atoms with E-state index in [0.29, 0.717) is 29.8 Å². The molecule has 0 radical (unpaired) electrons. The van der Waals surface area contributed by atoms with E-state index in [1.54, 1.807) is 44.2 Å². The molecule has 1 aliphatic heterocycles. The van der Waals surface area contributed by atoms with Crippen LogP contribution in [0, 0.1) is 28.7 Å². The number of nitrogens with zero attached hydrogens (tertiary/aromatic N) is 1. The van der Waals surface area contributed by atoms with Crippen LogP contribution in [0.1, 0.15) is 40.9 Å².